The molecule has 0 atom stereocenters. The Bertz CT molecular complexity index is 688. The highest BCUT2D eigenvalue weighted by atomic mass is 32.2. The van der Waals surface area contributed by atoms with Gasteiger partial charge in [0.05, 0.1) is 12.9 Å². The van der Waals surface area contributed by atoms with Gasteiger partial charge in [-0.05, 0) is 12.8 Å². The SMILES string of the molecule is CS(=O)(=O)OCCCn1c(=O)nc2n(c1=O)CCC2. The topological polar surface area (TPSA) is 100 Å². The molecule has 0 radical (unpaired) electrons. The van der Waals surface area contributed by atoms with Crippen molar-refractivity contribution in [2.45, 2.75) is 32.4 Å². The molecule has 0 saturated heterocycles. The second-order valence-corrected chi connectivity index (χ2v) is 6.02. The highest BCUT2D eigenvalue weighted by molar-refractivity contribution is 7.85. The van der Waals surface area contributed by atoms with Crippen molar-refractivity contribution in [3.8, 4) is 0 Å². The first kappa shape index (κ1) is 13.9. The summed E-state index contributed by atoms with van der Waals surface area (Å²) >= 11 is 0. The number of fused-ring (bicyclic) bond motifs is 1. The minimum atomic E-state index is -3.49. The Morgan fingerprint density at radius 2 is 2.11 bits per heavy atom. The number of hydrogen-bond acceptors (Lipinski definition) is 6. The van der Waals surface area contributed by atoms with Gasteiger partial charge in [0.15, 0.2) is 0 Å². The van der Waals surface area contributed by atoms with E-state index in [2.05, 4.69) is 9.17 Å². The Kier molecular flexibility index (Phi) is 3.85. The van der Waals surface area contributed by atoms with Crippen LogP contribution in [0, 0.1) is 0 Å². The zero-order valence-electron chi connectivity index (χ0n) is 10.5. The largest absolute Gasteiger partial charge is 0.353 e. The van der Waals surface area contributed by atoms with Crippen LogP contribution in [-0.2, 0) is 33.8 Å². The first-order chi connectivity index (χ1) is 8.88. The first-order valence-corrected chi connectivity index (χ1v) is 7.75. The quantitative estimate of drug-likeness (QED) is 0.494. The van der Waals surface area contributed by atoms with Crippen LogP contribution in [0.25, 0.3) is 0 Å². The van der Waals surface area contributed by atoms with E-state index in [-0.39, 0.29) is 25.3 Å². The normalized spacial score (nSPS) is 14.6. The standard InChI is InChI=1S/C10H15N3O5S/c1-19(16,17)18-7-3-6-13-9(14)11-8-4-2-5-12(8)10(13)15/h2-7H2,1H3. The number of aryl methyl sites for hydroxylation is 1. The molecule has 2 heterocycles. The number of nitrogens with zero attached hydrogens (tertiary/aromatic N) is 3. The van der Waals surface area contributed by atoms with Gasteiger partial charge in [-0.15, -0.1) is 0 Å². The molecule has 0 bridgehead atoms. The number of hydrogen-bond donors (Lipinski definition) is 0. The van der Waals surface area contributed by atoms with Crippen LogP contribution in [0.15, 0.2) is 9.59 Å². The summed E-state index contributed by atoms with van der Waals surface area (Å²) in [5.41, 5.74) is -0.968. The van der Waals surface area contributed by atoms with Gasteiger partial charge in [-0.3, -0.25) is 8.75 Å². The Morgan fingerprint density at radius 3 is 2.79 bits per heavy atom. The Morgan fingerprint density at radius 1 is 1.37 bits per heavy atom. The van der Waals surface area contributed by atoms with E-state index in [0.717, 1.165) is 17.2 Å². The van der Waals surface area contributed by atoms with Crippen molar-refractivity contribution in [2.75, 3.05) is 12.9 Å². The van der Waals surface area contributed by atoms with E-state index >= 15 is 0 Å². The molecule has 106 valence electrons. The van der Waals surface area contributed by atoms with Crippen molar-refractivity contribution in [1.82, 2.24) is 14.1 Å². The minimum Gasteiger partial charge on any atom is -0.281 e. The summed E-state index contributed by atoms with van der Waals surface area (Å²) in [5, 5.41) is 0. The number of rotatable bonds is 5. The van der Waals surface area contributed by atoms with Crippen molar-refractivity contribution < 1.29 is 12.6 Å². The molecule has 0 saturated carbocycles. The second-order valence-electron chi connectivity index (χ2n) is 4.38. The fourth-order valence-corrected chi connectivity index (χ4v) is 2.42. The Labute approximate surface area is 109 Å². The van der Waals surface area contributed by atoms with Crippen molar-refractivity contribution in [1.29, 1.82) is 0 Å². The predicted octanol–water partition coefficient (Wildman–Crippen LogP) is -1.28. The van der Waals surface area contributed by atoms with Gasteiger partial charge in [-0.2, -0.15) is 13.4 Å². The highest BCUT2D eigenvalue weighted by Gasteiger charge is 2.17. The maximum Gasteiger partial charge on any atom is 0.353 e. The lowest BCUT2D eigenvalue weighted by Gasteiger charge is -2.07. The van der Waals surface area contributed by atoms with Crippen molar-refractivity contribution >= 4 is 10.1 Å². The van der Waals surface area contributed by atoms with E-state index in [1.807, 2.05) is 0 Å². The lowest BCUT2D eigenvalue weighted by molar-refractivity contribution is 0.303. The van der Waals surface area contributed by atoms with Crippen LogP contribution in [0.5, 0.6) is 0 Å². The summed E-state index contributed by atoms with van der Waals surface area (Å²) in [6.45, 7) is 0.605. The molecular weight excluding hydrogens is 274 g/mol. The fraction of sp³-hybridized carbons (Fsp3) is 0.700. The smallest absolute Gasteiger partial charge is 0.281 e. The van der Waals surface area contributed by atoms with E-state index in [9.17, 15) is 18.0 Å². The van der Waals surface area contributed by atoms with Gasteiger partial charge in [0.1, 0.15) is 5.82 Å². The van der Waals surface area contributed by atoms with Crippen LogP contribution in [0.4, 0.5) is 0 Å². The molecule has 0 aliphatic carbocycles. The van der Waals surface area contributed by atoms with Crippen LogP contribution in [0.3, 0.4) is 0 Å². The molecule has 1 aromatic heterocycles. The predicted molar refractivity (Wildman–Crippen MR) is 66.5 cm³/mol. The highest BCUT2D eigenvalue weighted by Crippen LogP contribution is 2.05. The molecule has 1 aliphatic rings. The van der Waals surface area contributed by atoms with Gasteiger partial charge in [-0.1, -0.05) is 0 Å². The van der Waals surface area contributed by atoms with E-state index < -0.39 is 15.8 Å². The molecule has 0 aromatic carbocycles. The maximum absolute atomic E-state index is 12.0. The molecule has 0 N–H and O–H groups in total. The summed E-state index contributed by atoms with van der Waals surface area (Å²) in [7, 11) is -3.49. The third kappa shape index (κ3) is 3.29. The van der Waals surface area contributed by atoms with Crippen LogP contribution in [0.1, 0.15) is 18.7 Å². The van der Waals surface area contributed by atoms with Crippen LogP contribution in [0.2, 0.25) is 0 Å². The van der Waals surface area contributed by atoms with Crippen molar-refractivity contribution in [3.63, 3.8) is 0 Å². The molecular formula is C10H15N3O5S. The summed E-state index contributed by atoms with van der Waals surface area (Å²) < 4.78 is 28.6. The first-order valence-electron chi connectivity index (χ1n) is 5.93. The lowest BCUT2D eigenvalue weighted by atomic mass is 10.4. The van der Waals surface area contributed by atoms with Gasteiger partial charge in [0, 0.05) is 19.5 Å². The van der Waals surface area contributed by atoms with E-state index in [1.54, 1.807) is 0 Å². The zero-order valence-corrected chi connectivity index (χ0v) is 11.4. The molecule has 8 nitrogen and oxygen atoms in total. The third-order valence-corrected chi connectivity index (χ3v) is 3.43. The van der Waals surface area contributed by atoms with E-state index in [0.29, 0.717) is 18.8 Å². The summed E-state index contributed by atoms with van der Waals surface area (Å²) in [6, 6.07) is 0. The molecule has 0 unspecified atom stereocenters. The van der Waals surface area contributed by atoms with Crippen LogP contribution >= 0.6 is 0 Å². The van der Waals surface area contributed by atoms with Crippen molar-refractivity contribution in [2.24, 2.45) is 0 Å². The van der Waals surface area contributed by atoms with Gasteiger partial charge in [0.2, 0.25) is 0 Å². The summed E-state index contributed by atoms with van der Waals surface area (Å²) in [6.07, 6.45) is 2.65. The average Bonchev–Trinajstić information content (AvgIpc) is 2.74. The van der Waals surface area contributed by atoms with Gasteiger partial charge < -0.3 is 0 Å². The average molecular weight is 289 g/mol. The molecule has 1 aromatic rings. The Hall–Kier alpha value is -1.48. The summed E-state index contributed by atoms with van der Waals surface area (Å²) in [5.74, 6) is 0.527. The van der Waals surface area contributed by atoms with E-state index in [1.165, 1.54) is 4.57 Å². The summed E-state index contributed by atoms with van der Waals surface area (Å²) in [4.78, 5) is 27.5. The fourth-order valence-electron chi connectivity index (χ4n) is 2.00. The molecule has 9 heteroatoms. The molecule has 2 rings (SSSR count). The lowest BCUT2D eigenvalue weighted by Crippen LogP contribution is -2.42. The maximum atomic E-state index is 12.0. The molecule has 19 heavy (non-hydrogen) atoms. The minimum absolute atomic E-state index is 0.0630. The molecule has 0 amide bonds. The second kappa shape index (κ2) is 5.25. The monoisotopic (exact) mass is 289 g/mol. The van der Waals surface area contributed by atoms with Crippen LogP contribution < -0.4 is 11.4 Å². The van der Waals surface area contributed by atoms with Crippen molar-refractivity contribution in [3.05, 3.63) is 26.8 Å². The van der Waals surface area contributed by atoms with E-state index in [4.69, 9.17) is 0 Å². The Balaban J connectivity index is 2.10. The molecule has 1 aliphatic heterocycles. The van der Waals surface area contributed by atoms with Gasteiger partial charge in [0.25, 0.3) is 10.1 Å². The van der Waals surface area contributed by atoms with Gasteiger partial charge in [-0.25, -0.2) is 14.2 Å². The van der Waals surface area contributed by atoms with Gasteiger partial charge >= 0.3 is 11.4 Å². The molecule has 0 fully saturated rings. The van der Waals surface area contributed by atoms with Crippen LogP contribution in [-0.4, -0.2) is 35.4 Å². The molecule has 0 spiro atoms. The third-order valence-electron chi connectivity index (χ3n) is 2.83. The zero-order chi connectivity index (χ0) is 14.0. The number of aromatic nitrogens is 3.